The minimum absolute atomic E-state index is 0. The normalized spacial score (nSPS) is 24.2. The van der Waals surface area contributed by atoms with Crippen LogP contribution >= 0.6 is 0 Å². The quantitative estimate of drug-likeness (QED) is 0.401. The molecule has 0 saturated heterocycles. The Kier molecular flexibility index (Phi) is 10.8. The molecule has 2 unspecified atom stereocenters. The van der Waals surface area contributed by atoms with Crippen LogP contribution in [0.4, 0.5) is 0 Å². The fourth-order valence-corrected chi connectivity index (χ4v) is 2.15. The van der Waals surface area contributed by atoms with E-state index in [1.165, 1.54) is 25.7 Å². The molecule has 0 saturated carbocycles. The van der Waals surface area contributed by atoms with Gasteiger partial charge in [-0.25, -0.2) is 12.1 Å². The van der Waals surface area contributed by atoms with Crippen molar-refractivity contribution >= 4 is 0 Å². The van der Waals surface area contributed by atoms with Gasteiger partial charge in [-0.2, -0.15) is 18.2 Å². The molecule has 0 amide bonds. The third-order valence-electron chi connectivity index (χ3n) is 3.21. The molecule has 0 bridgehead atoms. The van der Waals surface area contributed by atoms with E-state index in [1.54, 1.807) is 0 Å². The smallest absolute Gasteiger partial charge is 0 e. The van der Waals surface area contributed by atoms with Crippen molar-refractivity contribution < 1.29 is 19.5 Å². The van der Waals surface area contributed by atoms with E-state index in [1.807, 2.05) is 30.3 Å². The topological polar surface area (TPSA) is 0 Å². The van der Waals surface area contributed by atoms with E-state index in [0.29, 0.717) is 11.8 Å². The van der Waals surface area contributed by atoms with Gasteiger partial charge in [0.15, 0.2) is 0 Å². The molecular formula is C17H23Rh-. The Morgan fingerprint density at radius 2 is 1.33 bits per heavy atom. The van der Waals surface area contributed by atoms with E-state index in [4.69, 9.17) is 0 Å². The summed E-state index contributed by atoms with van der Waals surface area (Å²) >= 11 is 0. The minimum Gasteiger partial charge on any atom is -0.214 e. The summed E-state index contributed by atoms with van der Waals surface area (Å²) < 4.78 is 0. The summed E-state index contributed by atoms with van der Waals surface area (Å²) in [6, 6.07) is 10.0. The molecule has 1 heteroatoms. The van der Waals surface area contributed by atoms with E-state index < -0.39 is 0 Å². The first kappa shape index (κ1) is 17.2. The van der Waals surface area contributed by atoms with E-state index in [0.717, 1.165) is 0 Å². The van der Waals surface area contributed by atoms with Crippen molar-refractivity contribution in [3.8, 4) is 0 Å². The first-order valence-corrected chi connectivity index (χ1v) is 6.45. The molecule has 18 heavy (non-hydrogen) atoms. The van der Waals surface area contributed by atoms with Crippen LogP contribution in [-0.2, 0) is 19.5 Å². The Labute approximate surface area is 125 Å². The van der Waals surface area contributed by atoms with Crippen molar-refractivity contribution in [1.29, 1.82) is 0 Å². The number of rotatable bonds is 2. The summed E-state index contributed by atoms with van der Waals surface area (Å²) in [6.07, 6.45) is 13.6. The molecular weight excluding hydrogens is 307 g/mol. The van der Waals surface area contributed by atoms with Crippen LogP contribution in [0.1, 0.15) is 25.7 Å². The largest absolute Gasteiger partial charge is 0.214 e. The van der Waals surface area contributed by atoms with Crippen LogP contribution in [0.5, 0.6) is 0 Å². The fourth-order valence-electron chi connectivity index (χ4n) is 2.15. The van der Waals surface area contributed by atoms with E-state index >= 15 is 0 Å². The Balaban J connectivity index is 0.000000405. The van der Waals surface area contributed by atoms with Crippen molar-refractivity contribution in [2.45, 2.75) is 25.7 Å². The third-order valence-corrected chi connectivity index (χ3v) is 3.21. The van der Waals surface area contributed by atoms with Crippen LogP contribution in [0.15, 0.2) is 67.8 Å². The maximum atomic E-state index is 3.88. The average Bonchev–Trinajstić information content (AvgIpc) is 2.88. The SMILES string of the molecule is C=CC1CC/C=C\CCC1C=C.[Rh].c1cc[cH-]c1. The van der Waals surface area contributed by atoms with E-state index in [-0.39, 0.29) is 19.5 Å². The maximum absolute atomic E-state index is 3.88. The summed E-state index contributed by atoms with van der Waals surface area (Å²) in [5.74, 6) is 1.29. The van der Waals surface area contributed by atoms with Gasteiger partial charge >= 0.3 is 0 Å². The molecule has 2 atom stereocenters. The second-order valence-electron chi connectivity index (χ2n) is 4.39. The molecule has 0 aromatic heterocycles. The molecule has 0 N–H and O–H groups in total. The minimum atomic E-state index is 0. The molecule has 0 nitrogen and oxygen atoms in total. The van der Waals surface area contributed by atoms with Gasteiger partial charge in [-0.05, 0) is 37.5 Å². The van der Waals surface area contributed by atoms with E-state index in [2.05, 4.69) is 37.5 Å². The summed E-state index contributed by atoms with van der Waals surface area (Å²) in [5, 5.41) is 0. The number of hydrogen-bond donors (Lipinski definition) is 0. The van der Waals surface area contributed by atoms with Gasteiger partial charge < -0.3 is 0 Å². The monoisotopic (exact) mass is 330 g/mol. The van der Waals surface area contributed by atoms with Crippen LogP contribution in [-0.4, -0.2) is 0 Å². The van der Waals surface area contributed by atoms with Crippen molar-refractivity contribution in [1.82, 2.24) is 0 Å². The van der Waals surface area contributed by atoms with Crippen molar-refractivity contribution in [2.24, 2.45) is 11.8 Å². The molecule has 0 fully saturated rings. The fraction of sp³-hybridized carbons (Fsp3) is 0.353. The number of allylic oxidation sites excluding steroid dienone is 4. The summed E-state index contributed by atoms with van der Waals surface area (Å²) in [6.45, 7) is 7.77. The van der Waals surface area contributed by atoms with Crippen LogP contribution in [0.2, 0.25) is 0 Å². The van der Waals surface area contributed by atoms with Gasteiger partial charge in [0.1, 0.15) is 0 Å². The Bertz CT molecular complexity index is 284. The molecule has 1 radical (unpaired) electrons. The molecule has 0 spiro atoms. The Morgan fingerprint density at radius 3 is 1.61 bits per heavy atom. The zero-order valence-electron chi connectivity index (χ0n) is 10.9. The second kappa shape index (κ2) is 11.3. The second-order valence-corrected chi connectivity index (χ2v) is 4.39. The summed E-state index contributed by atoms with van der Waals surface area (Å²) in [5.41, 5.74) is 0. The van der Waals surface area contributed by atoms with Gasteiger partial charge in [0.05, 0.1) is 0 Å². The van der Waals surface area contributed by atoms with Crippen molar-refractivity contribution in [2.75, 3.05) is 0 Å². The van der Waals surface area contributed by atoms with Gasteiger partial charge in [0.25, 0.3) is 0 Å². The van der Waals surface area contributed by atoms with Crippen LogP contribution in [0.3, 0.4) is 0 Å². The maximum Gasteiger partial charge on any atom is 0 e. The summed E-state index contributed by atoms with van der Waals surface area (Å²) in [4.78, 5) is 0. The molecule has 1 aromatic carbocycles. The Morgan fingerprint density at radius 1 is 0.889 bits per heavy atom. The summed E-state index contributed by atoms with van der Waals surface area (Å²) in [7, 11) is 0. The molecule has 1 aliphatic rings. The van der Waals surface area contributed by atoms with Crippen LogP contribution < -0.4 is 0 Å². The molecule has 0 aliphatic heterocycles. The number of hydrogen-bond acceptors (Lipinski definition) is 0. The van der Waals surface area contributed by atoms with Gasteiger partial charge in [-0.1, -0.05) is 24.3 Å². The predicted molar refractivity (Wildman–Crippen MR) is 77.0 cm³/mol. The van der Waals surface area contributed by atoms with E-state index in [9.17, 15) is 0 Å². The standard InChI is InChI=1S/C12H18.C5H5.Rh/c1-3-11-9-7-5-6-8-10-12(11)4-2;1-2-4-5-3-1;/h3-6,11-12H,1-2,7-10H2;1-5H;/q;-1;/b6-5-;;. The molecule has 0 heterocycles. The molecule has 1 aromatic rings. The van der Waals surface area contributed by atoms with Gasteiger partial charge in [-0.3, -0.25) is 0 Å². The molecule has 101 valence electrons. The third kappa shape index (κ3) is 6.81. The van der Waals surface area contributed by atoms with Gasteiger partial charge in [0.2, 0.25) is 0 Å². The predicted octanol–water partition coefficient (Wildman–Crippen LogP) is 5.12. The molecule has 2 rings (SSSR count). The van der Waals surface area contributed by atoms with Crippen molar-refractivity contribution in [3.63, 3.8) is 0 Å². The first-order valence-electron chi connectivity index (χ1n) is 6.45. The zero-order chi connectivity index (χ0) is 12.3. The zero-order valence-corrected chi connectivity index (χ0v) is 12.6. The van der Waals surface area contributed by atoms with Gasteiger partial charge in [0, 0.05) is 19.5 Å². The van der Waals surface area contributed by atoms with Crippen LogP contribution in [0, 0.1) is 11.8 Å². The van der Waals surface area contributed by atoms with Gasteiger partial charge in [-0.15, -0.1) is 13.2 Å². The first-order chi connectivity index (χ1) is 8.38. The average molecular weight is 330 g/mol. The van der Waals surface area contributed by atoms with Crippen molar-refractivity contribution in [3.05, 3.63) is 67.8 Å². The Hall–Kier alpha value is -0.807. The molecule has 1 aliphatic carbocycles. The van der Waals surface area contributed by atoms with Crippen LogP contribution in [0.25, 0.3) is 0 Å².